The fraction of sp³-hybridized carbons (Fsp3) is 0.375. The number of ether oxygens (including phenoxy) is 1. The van der Waals surface area contributed by atoms with Gasteiger partial charge in [-0.15, -0.1) is 5.10 Å². The Morgan fingerprint density at radius 3 is 2.96 bits per heavy atom. The van der Waals surface area contributed by atoms with E-state index in [1.165, 1.54) is 0 Å². The van der Waals surface area contributed by atoms with Crippen LogP contribution in [0.5, 0.6) is 5.75 Å². The van der Waals surface area contributed by atoms with Gasteiger partial charge in [0.05, 0.1) is 36.6 Å². The van der Waals surface area contributed by atoms with Gasteiger partial charge in [-0.2, -0.15) is 0 Å². The molecule has 1 N–H and O–H groups in total. The number of methoxy groups -OCH3 is 1. The summed E-state index contributed by atoms with van der Waals surface area (Å²) >= 11 is 3.70. The number of fused-ring (bicyclic) bond motifs is 5. The van der Waals surface area contributed by atoms with Crippen LogP contribution in [-0.2, 0) is 6.42 Å². The second-order valence-electron chi connectivity index (χ2n) is 6.13. The molecule has 8 nitrogen and oxygen atoms in total. The van der Waals surface area contributed by atoms with Crippen molar-refractivity contribution in [2.24, 2.45) is 4.99 Å². The van der Waals surface area contributed by atoms with Gasteiger partial charge in [0.2, 0.25) is 0 Å². The average Bonchev–Trinajstić information content (AvgIpc) is 3.11. The van der Waals surface area contributed by atoms with Crippen LogP contribution in [0.1, 0.15) is 23.1 Å². The van der Waals surface area contributed by atoms with Gasteiger partial charge in [-0.05, 0) is 19.1 Å². The van der Waals surface area contributed by atoms with Gasteiger partial charge in [-0.1, -0.05) is 21.1 Å². The van der Waals surface area contributed by atoms with Crippen LogP contribution in [0.3, 0.4) is 0 Å². The third kappa shape index (κ3) is 2.33. The molecule has 2 aromatic rings. The standard InChI is InChI=1S/C16H17BrN6O2/c1-16(17)13-7-12-14(15(24)18-2)20-21-23(12)11-6-9(25-3)4-5-10(11)22(13)8-19-16/h4-6,8,13H,7H2,1-3H3,(H,18,24). The number of amides is 1. The molecule has 4 rings (SSSR count). The van der Waals surface area contributed by atoms with Crippen molar-refractivity contribution in [1.82, 2.24) is 20.3 Å². The number of carbonyl (C=O) groups is 1. The Balaban J connectivity index is 1.97. The summed E-state index contributed by atoms with van der Waals surface area (Å²) in [6, 6.07) is 5.75. The Labute approximate surface area is 153 Å². The Kier molecular flexibility index (Phi) is 3.57. The van der Waals surface area contributed by atoms with Crippen LogP contribution in [-0.4, -0.2) is 51.9 Å². The lowest BCUT2D eigenvalue weighted by atomic mass is 10.0. The molecule has 0 radical (unpaired) electrons. The Morgan fingerprint density at radius 2 is 2.24 bits per heavy atom. The number of hydrogen-bond acceptors (Lipinski definition) is 6. The molecule has 0 aliphatic carbocycles. The summed E-state index contributed by atoms with van der Waals surface area (Å²) in [6.07, 6.45) is 2.39. The van der Waals surface area contributed by atoms with Crippen molar-refractivity contribution in [2.75, 3.05) is 19.1 Å². The van der Waals surface area contributed by atoms with Gasteiger partial charge in [-0.3, -0.25) is 9.79 Å². The van der Waals surface area contributed by atoms with E-state index < -0.39 is 4.45 Å². The molecule has 1 aromatic carbocycles. The summed E-state index contributed by atoms with van der Waals surface area (Å²) in [7, 11) is 3.20. The van der Waals surface area contributed by atoms with Gasteiger partial charge in [0.15, 0.2) is 5.69 Å². The minimum atomic E-state index is -0.469. The van der Waals surface area contributed by atoms with E-state index in [0.29, 0.717) is 17.9 Å². The lowest BCUT2D eigenvalue weighted by Gasteiger charge is -2.29. The van der Waals surface area contributed by atoms with Crippen molar-refractivity contribution in [3.05, 3.63) is 29.6 Å². The normalized spacial score (nSPS) is 23.5. The third-order valence-corrected chi connectivity index (χ3v) is 5.39. The van der Waals surface area contributed by atoms with Crippen molar-refractivity contribution in [1.29, 1.82) is 0 Å². The molecule has 2 unspecified atom stereocenters. The van der Waals surface area contributed by atoms with Crippen LogP contribution >= 0.6 is 15.9 Å². The summed E-state index contributed by atoms with van der Waals surface area (Å²) in [5.74, 6) is 0.451. The molecule has 1 amide bonds. The monoisotopic (exact) mass is 404 g/mol. The zero-order chi connectivity index (χ0) is 17.8. The maximum atomic E-state index is 12.2. The van der Waals surface area contributed by atoms with E-state index in [1.807, 2.05) is 31.5 Å². The van der Waals surface area contributed by atoms with E-state index >= 15 is 0 Å². The lowest BCUT2D eigenvalue weighted by molar-refractivity contribution is 0.0957. The number of nitrogens with zero attached hydrogens (tertiary/aromatic N) is 5. The minimum Gasteiger partial charge on any atom is -0.497 e. The molecular weight excluding hydrogens is 388 g/mol. The van der Waals surface area contributed by atoms with Crippen LogP contribution in [0, 0.1) is 0 Å². The highest BCUT2D eigenvalue weighted by molar-refractivity contribution is 9.10. The third-order valence-electron chi connectivity index (χ3n) is 4.66. The maximum Gasteiger partial charge on any atom is 0.273 e. The Hall–Kier alpha value is -2.42. The Bertz CT molecular complexity index is 891. The number of carbonyl (C=O) groups excluding carboxylic acids is 1. The predicted octanol–water partition coefficient (Wildman–Crippen LogP) is 1.52. The highest BCUT2D eigenvalue weighted by atomic mass is 79.9. The van der Waals surface area contributed by atoms with E-state index in [4.69, 9.17) is 4.74 Å². The molecule has 0 spiro atoms. The van der Waals surface area contributed by atoms with Gasteiger partial charge in [0.25, 0.3) is 5.91 Å². The summed E-state index contributed by atoms with van der Waals surface area (Å²) in [5, 5.41) is 11.0. The molecule has 25 heavy (non-hydrogen) atoms. The molecule has 9 heteroatoms. The molecule has 2 aliphatic rings. The minimum absolute atomic E-state index is 0.0113. The first-order valence-electron chi connectivity index (χ1n) is 7.84. The topological polar surface area (TPSA) is 84.6 Å². The van der Waals surface area contributed by atoms with Crippen LogP contribution in [0.15, 0.2) is 23.2 Å². The number of aromatic nitrogens is 3. The van der Waals surface area contributed by atoms with Crippen molar-refractivity contribution in [2.45, 2.75) is 23.8 Å². The van der Waals surface area contributed by atoms with E-state index in [2.05, 4.69) is 41.5 Å². The molecule has 0 fully saturated rings. The smallest absolute Gasteiger partial charge is 0.273 e. The molecule has 2 aliphatic heterocycles. The number of anilines is 1. The average molecular weight is 405 g/mol. The first-order valence-corrected chi connectivity index (χ1v) is 8.63. The maximum absolute atomic E-state index is 12.2. The highest BCUT2D eigenvalue weighted by Crippen LogP contribution is 2.42. The molecule has 0 saturated carbocycles. The number of alkyl halides is 1. The molecule has 130 valence electrons. The fourth-order valence-electron chi connectivity index (χ4n) is 3.28. The number of benzene rings is 1. The predicted molar refractivity (Wildman–Crippen MR) is 97.1 cm³/mol. The summed E-state index contributed by atoms with van der Waals surface area (Å²) in [6.45, 7) is 2.01. The van der Waals surface area contributed by atoms with Crippen LogP contribution in [0.2, 0.25) is 0 Å². The van der Waals surface area contributed by atoms with E-state index in [-0.39, 0.29) is 11.9 Å². The molecular formula is C16H17BrN6O2. The van der Waals surface area contributed by atoms with Crippen molar-refractivity contribution < 1.29 is 9.53 Å². The number of rotatable bonds is 2. The highest BCUT2D eigenvalue weighted by Gasteiger charge is 2.44. The summed E-state index contributed by atoms with van der Waals surface area (Å²) < 4.78 is 6.61. The second kappa shape index (κ2) is 5.55. The second-order valence-corrected chi connectivity index (χ2v) is 7.73. The van der Waals surface area contributed by atoms with Gasteiger partial charge in [0.1, 0.15) is 10.2 Å². The van der Waals surface area contributed by atoms with Gasteiger partial charge in [-0.25, -0.2) is 4.68 Å². The van der Waals surface area contributed by atoms with E-state index in [9.17, 15) is 4.79 Å². The van der Waals surface area contributed by atoms with Crippen LogP contribution in [0.4, 0.5) is 5.69 Å². The van der Waals surface area contributed by atoms with Crippen molar-refractivity contribution in [3.63, 3.8) is 0 Å². The molecule has 3 heterocycles. The van der Waals surface area contributed by atoms with Crippen LogP contribution < -0.4 is 15.0 Å². The fourth-order valence-corrected chi connectivity index (χ4v) is 3.76. The molecule has 2 atom stereocenters. The number of halogens is 1. The number of aliphatic imine (C=N–C) groups is 1. The van der Waals surface area contributed by atoms with Crippen molar-refractivity contribution in [3.8, 4) is 11.4 Å². The zero-order valence-corrected chi connectivity index (χ0v) is 15.6. The molecule has 0 saturated heterocycles. The first kappa shape index (κ1) is 16.1. The van der Waals surface area contributed by atoms with Crippen molar-refractivity contribution >= 4 is 33.9 Å². The van der Waals surface area contributed by atoms with E-state index in [1.54, 1.807) is 18.8 Å². The molecule has 1 aromatic heterocycles. The summed E-state index contributed by atoms with van der Waals surface area (Å²) in [5.41, 5.74) is 2.81. The quantitative estimate of drug-likeness (QED) is 0.605. The van der Waals surface area contributed by atoms with Gasteiger partial charge < -0.3 is 15.0 Å². The largest absolute Gasteiger partial charge is 0.497 e. The van der Waals surface area contributed by atoms with Gasteiger partial charge >= 0.3 is 0 Å². The zero-order valence-electron chi connectivity index (χ0n) is 14.0. The van der Waals surface area contributed by atoms with Crippen LogP contribution in [0.25, 0.3) is 5.69 Å². The molecule has 0 bridgehead atoms. The SMILES string of the molecule is CNC(=O)c1nnn2c1CC1N(C=NC1(C)Br)c1ccc(OC)cc1-2. The number of hydrogen-bond donors (Lipinski definition) is 1. The number of nitrogens with one attached hydrogen (secondary N) is 1. The summed E-state index contributed by atoms with van der Waals surface area (Å²) in [4.78, 5) is 18.9. The van der Waals surface area contributed by atoms with Gasteiger partial charge in [0, 0.05) is 19.5 Å². The lowest BCUT2D eigenvalue weighted by Crippen LogP contribution is -2.42. The Morgan fingerprint density at radius 1 is 1.44 bits per heavy atom. The first-order chi connectivity index (χ1) is 12.0. The van der Waals surface area contributed by atoms with E-state index in [0.717, 1.165) is 17.1 Å².